The van der Waals surface area contributed by atoms with Gasteiger partial charge in [-0.1, -0.05) is 0 Å². The normalized spacial score (nSPS) is 11.0. The van der Waals surface area contributed by atoms with Crippen molar-refractivity contribution >= 4 is 22.4 Å². The van der Waals surface area contributed by atoms with Crippen LogP contribution in [-0.4, -0.2) is 50.5 Å². The molecule has 1 aromatic carbocycles. The van der Waals surface area contributed by atoms with E-state index in [-0.39, 0.29) is 0 Å². The first kappa shape index (κ1) is 15.5. The lowest BCUT2D eigenvalue weighted by Gasteiger charge is -2.24. The van der Waals surface area contributed by atoms with Crippen LogP contribution < -0.4 is 10.6 Å². The van der Waals surface area contributed by atoms with E-state index < -0.39 is 0 Å². The molecule has 0 radical (unpaired) electrons. The molecule has 1 heterocycles. The Morgan fingerprint density at radius 3 is 2.67 bits per heavy atom. The Bertz CT molecular complexity index is 577. The average Bonchev–Trinajstić information content (AvgIpc) is 2.50. The number of benzene rings is 1. The van der Waals surface area contributed by atoms with Crippen molar-refractivity contribution in [2.24, 2.45) is 0 Å². The van der Waals surface area contributed by atoms with Crippen LogP contribution in [0.1, 0.15) is 6.42 Å². The third kappa shape index (κ3) is 4.03. The van der Waals surface area contributed by atoms with E-state index in [1.54, 1.807) is 20.5 Å². The summed E-state index contributed by atoms with van der Waals surface area (Å²) in [5, 5.41) is 0.964. The molecule has 0 atom stereocenters. The fourth-order valence-electron chi connectivity index (χ4n) is 2.24. The van der Waals surface area contributed by atoms with Gasteiger partial charge < -0.3 is 20.1 Å². The van der Waals surface area contributed by atoms with Crippen molar-refractivity contribution < 1.29 is 9.47 Å². The highest BCUT2D eigenvalue weighted by molar-refractivity contribution is 5.91. The average molecular weight is 290 g/mol. The smallest absolute Gasteiger partial charge is 0.140 e. The molecule has 0 aliphatic carbocycles. The van der Waals surface area contributed by atoms with Crippen LogP contribution in [0.5, 0.6) is 0 Å². The summed E-state index contributed by atoms with van der Waals surface area (Å²) in [6.45, 7) is 2.97. The Labute approximate surface area is 124 Å². The minimum absolute atomic E-state index is 0.640. The van der Waals surface area contributed by atoms with Crippen LogP contribution >= 0.6 is 0 Å². The van der Waals surface area contributed by atoms with E-state index in [0.717, 1.165) is 36.2 Å². The van der Waals surface area contributed by atoms with Gasteiger partial charge >= 0.3 is 0 Å². The van der Waals surface area contributed by atoms with Gasteiger partial charge in [-0.2, -0.15) is 0 Å². The fraction of sp³-hybridized carbons (Fsp3) is 0.467. The maximum Gasteiger partial charge on any atom is 0.140 e. The van der Waals surface area contributed by atoms with Crippen LogP contribution in [0.3, 0.4) is 0 Å². The molecule has 0 amide bonds. The zero-order valence-corrected chi connectivity index (χ0v) is 12.6. The first-order chi connectivity index (χ1) is 10.3. The molecular weight excluding hydrogens is 268 g/mol. The minimum Gasteiger partial charge on any atom is -0.399 e. The number of aromatic nitrogens is 2. The van der Waals surface area contributed by atoms with E-state index in [0.29, 0.717) is 18.9 Å². The van der Waals surface area contributed by atoms with Crippen molar-refractivity contribution in [3.8, 4) is 0 Å². The number of fused-ring (bicyclic) bond motifs is 1. The van der Waals surface area contributed by atoms with Crippen molar-refractivity contribution in [2.45, 2.75) is 6.42 Å². The first-order valence-electron chi connectivity index (χ1n) is 6.99. The second-order valence-electron chi connectivity index (χ2n) is 4.80. The lowest BCUT2D eigenvalue weighted by Crippen LogP contribution is -2.30. The van der Waals surface area contributed by atoms with Gasteiger partial charge in [0, 0.05) is 45.0 Å². The SMILES string of the molecule is COCCCN(CCOC)c1ncnc2ccc(N)cc12. The molecule has 0 unspecified atom stereocenters. The van der Waals surface area contributed by atoms with Crippen molar-refractivity contribution in [2.75, 3.05) is 51.2 Å². The fourth-order valence-corrected chi connectivity index (χ4v) is 2.24. The number of nitrogens with two attached hydrogens (primary N) is 1. The largest absolute Gasteiger partial charge is 0.399 e. The van der Waals surface area contributed by atoms with Gasteiger partial charge in [-0.25, -0.2) is 9.97 Å². The summed E-state index contributed by atoms with van der Waals surface area (Å²) in [5.74, 6) is 0.889. The van der Waals surface area contributed by atoms with Crippen molar-refractivity contribution in [3.05, 3.63) is 24.5 Å². The molecule has 114 valence electrons. The molecule has 0 saturated carbocycles. The Kier molecular flexibility index (Phi) is 5.71. The molecule has 0 aliphatic heterocycles. The summed E-state index contributed by atoms with van der Waals surface area (Å²) in [5.41, 5.74) is 7.50. The van der Waals surface area contributed by atoms with Gasteiger partial charge in [-0.15, -0.1) is 0 Å². The standard InChI is InChI=1S/C15H22N4O2/c1-20-8-3-6-19(7-9-21-2)15-13-10-12(16)4-5-14(13)17-11-18-15/h4-5,10-11H,3,6-9,16H2,1-2H3. The maximum absolute atomic E-state index is 5.90. The summed E-state index contributed by atoms with van der Waals surface area (Å²) in [6, 6.07) is 5.68. The van der Waals surface area contributed by atoms with E-state index >= 15 is 0 Å². The molecule has 6 nitrogen and oxygen atoms in total. The van der Waals surface area contributed by atoms with Gasteiger partial charge in [0.15, 0.2) is 0 Å². The lowest BCUT2D eigenvalue weighted by molar-refractivity contribution is 0.191. The Hall–Kier alpha value is -1.92. The number of nitrogens with zero attached hydrogens (tertiary/aromatic N) is 3. The van der Waals surface area contributed by atoms with E-state index in [1.165, 1.54) is 0 Å². The zero-order chi connectivity index (χ0) is 15.1. The minimum atomic E-state index is 0.640. The van der Waals surface area contributed by atoms with Gasteiger partial charge in [0.25, 0.3) is 0 Å². The number of hydrogen-bond donors (Lipinski definition) is 1. The van der Waals surface area contributed by atoms with Crippen LogP contribution in [0.2, 0.25) is 0 Å². The van der Waals surface area contributed by atoms with Gasteiger partial charge in [0.2, 0.25) is 0 Å². The molecule has 6 heteroatoms. The van der Waals surface area contributed by atoms with E-state index in [4.69, 9.17) is 15.2 Å². The molecule has 1 aromatic heterocycles. The highest BCUT2D eigenvalue weighted by Crippen LogP contribution is 2.24. The van der Waals surface area contributed by atoms with Gasteiger partial charge in [-0.3, -0.25) is 0 Å². The highest BCUT2D eigenvalue weighted by Gasteiger charge is 2.12. The molecule has 0 fully saturated rings. The summed E-state index contributed by atoms with van der Waals surface area (Å²) >= 11 is 0. The molecule has 2 rings (SSSR count). The number of hydrogen-bond acceptors (Lipinski definition) is 6. The predicted octanol–water partition coefficient (Wildman–Crippen LogP) is 1.70. The monoisotopic (exact) mass is 290 g/mol. The van der Waals surface area contributed by atoms with Crippen LogP contribution in [0, 0.1) is 0 Å². The third-order valence-corrected chi connectivity index (χ3v) is 3.28. The molecule has 2 N–H and O–H groups in total. The Morgan fingerprint density at radius 2 is 1.90 bits per heavy atom. The van der Waals surface area contributed by atoms with E-state index in [2.05, 4.69) is 14.9 Å². The second kappa shape index (κ2) is 7.75. The van der Waals surface area contributed by atoms with Crippen molar-refractivity contribution in [1.82, 2.24) is 9.97 Å². The maximum atomic E-state index is 5.90. The van der Waals surface area contributed by atoms with E-state index in [9.17, 15) is 0 Å². The third-order valence-electron chi connectivity index (χ3n) is 3.28. The zero-order valence-electron chi connectivity index (χ0n) is 12.6. The molecule has 0 spiro atoms. The van der Waals surface area contributed by atoms with Gasteiger partial charge in [-0.05, 0) is 24.6 Å². The second-order valence-corrected chi connectivity index (χ2v) is 4.80. The first-order valence-corrected chi connectivity index (χ1v) is 6.99. The number of ether oxygens (including phenoxy) is 2. The number of rotatable bonds is 8. The van der Waals surface area contributed by atoms with Crippen molar-refractivity contribution in [3.63, 3.8) is 0 Å². The summed E-state index contributed by atoms with van der Waals surface area (Å²) in [7, 11) is 3.41. The van der Waals surface area contributed by atoms with Crippen LogP contribution in [0.4, 0.5) is 11.5 Å². The van der Waals surface area contributed by atoms with Crippen LogP contribution in [-0.2, 0) is 9.47 Å². The van der Waals surface area contributed by atoms with Gasteiger partial charge in [0.05, 0.1) is 12.1 Å². The molecule has 0 aliphatic rings. The van der Waals surface area contributed by atoms with Gasteiger partial charge in [0.1, 0.15) is 12.1 Å². The van der Waals surface area contributed by atoms with Crippen LogP contribution in [0.25, 0.3) is 10.9 Å². The summed E-state index contributed by atoms with van der Waals surface area (Å²) < 4.78 is 10.3. The highest BCUT2D eigenvalue weighted by atomic mass is 16.5. The quantitative estimate of drug-likeness (QED) is 0.589. The lowest BCUT2D eigenvalue weighted by atomic mass is 10.2. The molecular formula is C15H22N4O2. The summed E-state index contributed by atoms with van der Waals surface area (Å²) in [4.78, 5) is 10.9. The molecule has 0 bridgehead atoms. The summed E-state index contributed by atoms with van der Waals surface area (Å²) in [6.07, 6.45) is 2.51. The van der Waals surface area contributed by atoms with Crippen LogP contribution in [0.15, 0.2) is 24.5 Å². The number of nitrogen functional groups attached to an aromatic ring is 1. The Morgan fingerprint density at radius 1 is 1.10 bits per heavy atom. The topological polar surface area (TPSA) is 73.5 Å². The van der Waals surface area contributed by atoms with E-state index in [1.807, 2.05) is 18.2 Å². The molecule has 2 aromatic rings. The number of anilines is 2. The van der Waals surface area contributed by atoms with Crippen molar-refractivity contribution in [1.29, 1.82) is 0 Å². The molecule has 21 heavy (non-hydrogen) atoms. The predicted molar refractivity (Wildman–Crippen MR) is 84.5 cm³/mol. The molecule has 0 saturated heterocycles. The number of methoxy groups -OCH3 is 2. The Balaban J connectivity index is 2.31.